The quantitative estimate of drug-likeness (QED) is 0.799. The summed E-state index contributed by atoms with van der Waals surface area (Å²) in [4.78, 5) is 14.0. The summed E-state index contributed by atoms with van der Waals surface area (Å²) < 4.78 is 0. The number of nitrogens with zero attached hydrogens (tertiary/aromatic N) is 3. The summed E-state index contributed by atoms with van der Waals surface area (Å²) >= 11 is 0. The Morgan fingerprint density at radius 2 is 2.28 bits per heavy atom. The highest BCUT2D eigenvalue weighted by Gasteiger charge is 2.33. The minimum atomic E-state index is 0.176. The summed E-state index contributed by atoms with van der Waals surface area (Å²) in [6, 6.07) is 2.20. The number of aromatic amines is 1. The predicted molar refractivity (Wildman–Crippen MR) is 72.5 cm³/mol. The van der Waals surface area contributed by atoms with Gasteiger partial charge in [0.2, 0.25) is 0 Å². The first kappa shape index (κ1) is 11.5. The lowest BCUT2D eigenvalue weighted by Gasteiger charge is -2.42. The maximum absolute atomic E-state index is 6.27. The van der Waals surface area contributed by atoms with Crippen molar-refractivity contribution in [2.24, 2.45) is 11.1 Å². The van der Waals surface area contributed by atoms with Crippen molar-refractivity contribution in [2.45, 2.75) is 26.3 Å². The van der Waals surface area contributed by atoms with Crippen molar-refractivity contribution in [3.05, 3.63) is 18.6 Å². The molecular formula is C13H19N5. The minimum Gasteiger partial charge on any atom is -0.354 e. The van der Waals surface area contributed by atoms with E-state index in [4.69, 9.17) is 5.73 Å². The molecule has 0 saturated carbocycles. The molecule has 18 heavy (non-hydrogen) atoms. The van der Waals surface area contributed by atoms with E-state index in [1.807, 2.05) is 12.3 Å². The molecule has 96 valence electrons. The molecule has 1 saturated heterocycles. The summed E-state index contributed by atoms with van der Waals surface area (Å²) in [5, 5.41) is 1.07. The molecule has 0 aromatic carbocycles. The van der Waals surface area contributed by atoms with E-state index in [9.17, 15) is 0 Å². The first-order valence-corrected chi connectivity index (χ1v) is 6.36. The second kappa shape index (κ2) is 3.95. The number of hydrogen-bond donors (Lipinski definition) is 2. The number of fused-ring (bicyclic) bond motifs is 1. The number of aromatic nitrogens is 3. The van der Waals surface area contributed by atoms with Gasteiger partial charge in [-0.3, -0.25) is 0 Å². The van der Waals surface area contributed by atoms with Gasteiger partial charge in [-0.15, -0.1) is 0 Å². The lowest BCUT2D eigenvalue weighted by molar-refractivity contribution is 0.235. The Kier molecular flexibility index (Phi) is 2.52. The molecular weight excluding hydrogens is 226 g/mol. The van der Waals surface area contributed by atoms with E-state index >= 15 is 0 Å². The summed E-state index contributed by atoms with van der Waals surface area (Å²) in [5.74, 6) is 0.993. The molecule has 3 heterocycles. The van der Waals surface area contributed by atoms with Crippen molar-refractivity contribution in [2.75, 3.05) is 18.0 Å². The second-order valence-corrected chi connectivity index (χ2v) is 5.73. The van der Waals surface area contributed by atoms with E-state index < -0.39 is 0 Å². The second-order valence-electron chi connectivity index (χ2n) is 5.73. The van der Waals surface area contributed by atoms with Crippen LogP contribution in [0.2, 0.25) is 0 Å². The summed E-state index contributed by atoms with van der Waals surface area (Å²) in [7, 11) is 0. The monoisotopic (exact) mass is 245 g/mol. The fourth-order valence-corrected chi connectivity index (χ4v) is 2.49. The van der Waals surface area contributed by atoms with Crippen molar-refractivity contribution >= 4 is 16.9 Å². The molecule has 0 aliphatic carbocycles. The van der Waals surface area contributed by atoms with Crippen LogP contribution >= 0.6 is 0 Å². The van der Waals surface area contributed by atoms with Gasteiger partial charge >= 0.3 is 0 Å². The van der Waals surface area contributed by atoms with Crippen molar-refractivity contribution in [3.63, 3.8) is 0 Å². The lowest BCUT2D eigenvalue weighted by atomic mass is 9.78. The number of nitrogens with two attached hydrogens (primary N) is 1. The van der Waals surface area contributed by atoms with E-state index in [0.29, 0.717) is 0 Å². The molecule has 2 aromatic heterocycles. The zero-order valence-electron chi connectivity index (χ0n) is 10.8. The lowest BCUT2D eigenvalue weighted by Crippen LogP contribution is -2.53. The van der Waals surface area contributed by atoms with Gasteiger partial charge in [-0.25, -0.2) is 9.97 Å². The number of nitrogens with one attached hydrogen (secondary N) is 1. The highest BCUT2D eigenvalue weighted by atomic mass is 15.2. The van der Waals surface area contributed by atoms with Gasteiger partial charge in [-0.2, -0.15) is 0 Å². The fourth-order valence-electron chi connectivity index (χ4n) is 2.49. The molecule has 1 fully saturated rings. The van der Waals surface area contributed by atoms with Crippen molar-refractivity contribution < 1.29 is 0 Å². The predicted octanol–water partition coefficient (Wildman–Crippen LogP) is 1.52. The summed E-state index contributed by atoms with van der Waals surface area (Å²) in [6.45, 7) is 6.32. The van der Waals surface area contributed by atoms with Gasteiger partial charge in [0.1, 0.15) is 17.8 Å². The Morgan fingerprint density at radius 1 is 1.44 bits per heavy atom. The number of anilines is 1. The van der Waals surface area contributed by atoms with Crippen LogP contribution in [0.5, 0.6) is 0 Å². The highest BCUT2D eigenvalue weighted by molar-refractivity contribution is 5.87. The molecule has 0 radical (unpaired) electrons. The van der Waals surface area contributed by atoms with E-state index in [2.05, 4.69) is 33.7 Å². The van der Waals surface area contributed by atoms with Crippen LogP contribution in [0.4, 0.5) is 5.82 Å². The maximum atomic E-state index is 6.27. The first-order chi connectivity index (χ1) is 8.58. The largest absolute Gasteiger partial charge is 0.354 e. The average Bonchev–Trinajstić information content (AvgIpc) is 2.80. The van der Waals surface area contributed by atoms with Gasteiger partial charge in [0.05, 0.1) is 5.39 Å². The van der Waals surface area contributed by atoms with Gasteiger partial charge in [0.25, 0.3) is 0 Å². The molecule has 3 N–H and O–H groups in total. The molecule has 0 spiro atoms. The Hall–Kier alpha value is -1.62. The molecule has 0 amide bonds. The highest BCUT2D eigenvalue weighted by Crippen LogP contribution is 2.32. The van der Waals surface area contributed by atoms with Crippen LogP contribution in [0.15, 0.2) is 18.6 Å². The molecule has 1 atom stereocenters. The maximum Gasteiger partial charge on any atom is 0.142 e. The third-order valence-electron chi connectivity index (χ3n) is 4.08. The Labute approximate surface area is 106 Å². The van der Waals surface area contributed by atoms with Crippen molar-refractivity contribution in [1.29, 1.82) is 0 Å². The van der Waals surface area contributed by atoms with E-state index in [1.54, 1.807) is 6.33 Å². The molecule has 1 aliphatic rings. The van der Waals surface area contributed by atoms with Crippen LogP contribution in [-0.2, 0) is 0 Å². The van der Waals surface area contributed by atoms with Crippen molar-refractivity contribution in [3.8, 4) is 0 Å². The zero-order chi connectivity index (χ0) is 12.8. The summed E-state index contributed by atoms with van der Waals surface area (Å²) in [5.41, 5.74) is 7.36. The number of hydrogen-bond acceptors (Lipinski definition) is 4. The Bertz CT molecular complexity index is 559. The van der Waals surface area contributed by atoms with Gasteiger partial charge in [0.15, 0.2) is 0 Å². The number of piperidine rings is 1. The topological polar surface area (TPSA) is 70.8 Å². The number of H-pyrrole nitrogens is 1. The van der Waals surface area contributed by atoms with E-state index in [0.717, 1.165) is 36.4 Å². The molecule has 5 nitrogen and oxygen atoms in total. The Morgan fingerprint density at radius 3 is 3.06 bits per heavy atom. The van der Waals surface area contributed by atoms with E-state index in [1.165, 1.54) is 0 Å². The normalized spacial score (nSPS) is 23.5. The SMILES string of the molecule is CC1(C)CCN(c2ncnc3[nH]ccc23)CC1N. The van der Waals surface area contributed by atoms with Crippen LogP contribution in [0.3, 0.4) is 0 Å². The molecule has 2 aromatic rings. The van der Waals surface area contributed by atoms with Crippen LogP contribution in [0.1, 0.15) is 20.3 Å². The molecule has 1 aliphatic heterocycles. The van der Waals surface area contributed by atoms with Crippen LogP contribution < -0.4 is 10.6 Å². The smallest absolute Gasteiger partial charge is 0.142 e. The van der Waals surface area contributed by atoms with Gasteiger partial charge in [-0.1, -0.05) is 13.8 Å². The first-order valence-electron chi connectivity index (χ1n) is 6.36. The van der Waals surface area contributed by atoms with Gasteiger partial charge in [-0.05, 0) is 17.9 Å². The van der Waals surface area contributed by atoms with E-state index in [-0.39, 0.29) is 11.5 Å². The third-order valence-corrected chi connectivity index (χ3v) is 4.08. The fraction of sp³-hybridized carbons (Fsp3) is 0.538. The number of rotatable bonds is 1. The minimum absolute atomic E-state index is 0.176. The summed E-state index contributed by atoms with van der Waals surface area (Å²) in [6.07, 6.45) is 4.60. The standard InChI is InChI=1S/C13H19N5/c1-13(2)4-6-18(7-10(13)14)12-9-3-5-15-11(9)16-8-17-12/h3,5,8,10H,4,6-7,14H2,1-2H3,(H,15,16,17). The molecule has 0 bridgehead atoms. The molecule has 5 heteroatoms. The third kappa shape index (κ3) is 1.75. The van der Waals surface area contributed by atoms with Gasteiger partial charge < -0.3 is 15.6 Å². The van der Waals surface area contributed by atoms with Crippen LogP contribution in [0.25, 0.3) is 11.0 Å². The van der Waals surface area contributed by atoms with Gasteiger partial charge in [0, 0.05) is 25.3 Å². The molecule has 3 rings (SSSR count). The average molecular weight is 245 g/mol. The zero-order valence-corrected chi connectivity index (χ0v) is 10.8. The van der Waals surface area contributed by atoms with Crippen LogP contribution in [0, 0.1) is 5.41 Å². The molecule has 1 unspecified atom stereocenters. The Balaban J connectivity index is 1.94. The van der Waals surface area contributed by atoms with Crippen molar-refractivity contribution in [1.82, 2.24) is 15.0 Å². The van der Waals surface area contributed by atoms with Crippen LogP contribution in [-0.4, -0.2) is 34.1 Å².